The van der Waals surface area contributed by atoms with Crippen molar-refractivity contribution in [3.63, 3.8) is 0 Å². The molecule has 0 amide bonds. The van der Waals surface area contributed by atoms with Gasteiger partial charge in [-0.25, -0.2) is 4.79 Å². The molecule has 33 heavy (non-hydrogen) atoms. The minimum Gasteiger partial charge on any atom is -0.478 e. The van der Waals surface area contributed by atoms with E-state index in [2.05, 4.69) is 13.8 Å². The van der Waals surface area contributed by atoms with E-state index in [9.17, 15) is 9.90 Å². The van der Waals surface area contributed by atoms with Gasteiger partial charge in [0.1, 0.15) is 0 Å². The van der Waals surface area contributed by atoms with Crippen LogP contribution in [0.5, 0.6) is 11.5 Å². The Morgan fingerprint density at radius 2 is 1.15 bits per heavy atom. The second-order valence-electron chi connectivity index (χ2n) is 8.77. The summed E-state index contributed by atoms with van der Waals surface area (Å²) in [7, 11) is 0. The molecule has 0 bridgehead atoms. The van der Waals surface area contributed by atoms with Crippen LogP contribution in [0.2, 0.25) is 0 Å². The lowest BCUT2D eigenvalue weighted by atomic mass is 10.1. The Morgan fingerprint density at radius 1 is 0.697 bits per heavy atom. The minimum atomic E-state index is -0.979. The van der Waals surface area contributed by atoms with Crippen LogP contribution in [0.25, 0.3) is 0 Å². The highest BCUT2D eigenvalue weighted by Gasteiger charge is 2.10. The summed E-state index contributed by atoms with van der Waals surface area (Å²) in [4.78, 5) is 11.3. The number of benzene rings is 1. The summed E-state index contributed by atoms with van der Waals surface area (Å²) in [5.41, 5.74) is 0.185. The van der Waals surface area contributed by atoms with Crippen molar-refractivity contribution in [2.45, 2.75) is 117 Å². The van der Waals surface area contributed by atoms with E-state index in [1.807, 2.05) is 12.2 Å². The number of rotatable bonds is 21. The molecule has 0 unspecified atom stereocenters. The van der Waals surface area contributed by atoms with Crippen molar-refractivity contribution in [1.82, 2.24) is 0 Å². The molecule has 0 aliphatic carbocycles. The molecule has 1 aromatic rings. The van der Waals surface area contributed by atoms with Gasteiger partial charge >= 0.3 is 5.97 Å². The van der Waals surface area contributed by atoms with Gasteiger partial charge in [-0.1, -0.05) is 90.9 Å². The Kier molecular flexibility index (Phi) is 17.8. The smallest absolute Gasteiger partial charge is 0.335 e. The summed E-state index contributed by atoms with van der Waals surface area (Å²) in [6, 6.07) is 4.71. The van der Waals surface area contributed by atoms with Gasteiger partial charge in [-0.05, 0) is 56.0 Å². The molecule has 0 heterocycles. The largest absolute Gasteiger partial charge is 0.478 e. The zero-order valence-electron chi connectivity index (χ0n) is 21.0. The molecule has 1 aromatic carbocycles. The van der Waals surface area contributed by atoms with Crippen molar-refractivity contribution >= 4 is 5.97 Å². The number of allylic oxidation sites excluding steroid dienone is 2. The summed E-state index contributed by atoms with van der Waals surface area (Å²) < 4.78 is 11.5. The van der Waals surface area contributed by atoms with Crippen LogP contribution in [0.4, 0.5) is 0 Å². The number of hydrogen-bond acceptors (Lipinski definition) is 3. The van der Waals surface area contributed by atoms with E-state index in [1.54, 1.807) is 18.6 Å². The predicted molar refractivity (Wildman–Crippen MR) is 138 cm³/mol. The molecule has 0 aliphatic heterocycles. The standard InChI is InChI=1S/C29H46O4/c1-3-5-7-9-11-13-15-17-19-23-32-27-22-21-26(29(30)31)25-28(27)33-24-20-18-16-14-12-10-8-6-4-2/h19-25H,3-18H2,1-2H3,(H,30,31). The fourth-order valence-electron chi connectivity index (χ4n) is 3.65. The number of unbranched alkanes of at least 4 members (excludes halogenated alkanes) is 14. The van der Waals surface area contributed by atoms with Crippen LogP contribution in [-0.2, 0) is 0 Å². The van der Waals surface area contributed by atoms with Gasteiger partial charge in [-0.3, -0.25) is 0 Å². The van der Waals surface area contributed by atoms with Crippen LogP contribution in [0, 0.1) is 0 Å². The highest BCUT2D eigenvalue weighted by molar-refractivity contribution is 5.88. The van der Waals surface area contributed by atoms with Gasteiger partial charge < -0.3 is 14.6 Å². The van der Waals surface area contributed by atoms with Crippen molar-refractivity contribution in [3.8, 4) is 11.5 Å². The van der Waals surface area contributed by atoms with Crippen molar-refractivity contribution in [1.29, 1.82) is 0 Å². The van der Waals surface area contributed by atoms with Gasteiger partial charge in [0.15, 0.2) is 11.5 Å². The second-order valence-corrected chi connectivity index (χ2v) is 8.77. The molecule has 0 saturated carbocycles. The topological polar surface area (TPSA) is 55.8 Å². The number of carboxylic acid groups (broad SMARTS) is 1. The maximum Gasteiger partial charge on any atom is 0.335 e. The summed E-state index contributed by atoms with van der Waals surface area (Å²) in [6.45, 7) is 4.48. The lowest BCUT2D eigenvalue weighted by Gasteiger charge is -2.08. The van der Waals surface area contributed by atoms with E-state index in [0.29, 0.717) is 11.5 Å². The van der Waals surface area contributed by atoms with Crippen LogP contribution in [0.1, 0.15) is 127 Å². The SMILES string of the molecule is CCCCCCCCCC=COc1ccc(C(=O)O)cc1OC=CCCCCCCCCC. The van der Waals surface area contributed by atoms with Crippen LogP contribution in [0.15, 0.2) is 42.9 Å². The maximum absolute atomic E-state index is 11.3. The van der Waals surface area contributed by atoms with E-state index < -0.39 is 5.97 Å². The summed E-state index contributed by atoms with van der Waals surface area (Å²) >= 11 is 0. The van der Waals surface area contributed by atoms with Crippen molar-refractivity contribution < 1.29 is 19.4 Å². The summed E-state index contributed by atoms with van der Waals surface area (Å²) in [5, 5.41) is 9.28. The molecule has 1 N–H and O–H groups in total. The second kappa shape index (κ2) is 20.4. The maximum atomic E-state index is 11.3. The summed E-state index contributed by atoms with van der Waals surface area (Å²) in [5.74, 6) is -0.0318. The highest BCUT2D eigenvalue weighted by Crippen LogP contribution is 2.29. The molecule has 4 nitrogen and oxygen atoms in total. The van der Waals surface area contributed by atoms with Crippen molar-refractivity contribution in [3.05, 3.63) is 48.4 Å². The molecular weight excluding hydrogens is 412 g/mol. The molecule has 0 saturated heterocycles. The van der Waals surface area contributed by atoms with E-state index in [-0.39, 0.29) is 5.56 Å². The Hall–Kier alpha value is -2.23. The number of carboxylic acids is 1. The molecule has 0 radical (unpaired) electrons. The fraction of sp³-hybridized carbons (Fsp3) is 0.621. The fourth-order valence-corrected chi connectivity index (χ4v) is 3.65. The van der Waals surface area contributed by atoms with Crippen LogP contribution >= 0.6 is 0 Å². The van der Waals surface area contributed by atoms with Crippen molar-refractivity contribution in [2.24, 2.45) is 0 Å². The Morgan fingerprint density at radius 3 is 1.64 bits per heavy atom. The first kappa shape index (κ1) is 28.8. The lowest BCUT2D eigenvalue weighted by Crippen LogP contribution is -1.98. The molecule has 186 valence electrons. The van der Waals surface area contributed by atoms with Crippen molar-refractivity contribution in [2.75, 3.05) is 0 Å². The Balaban J connectivity index is 2.39. The zero-order valence-corrected chi connectivity index (χ0v) is 21.0. The molecule has 0 fully saturated rings. The third-order valence-electron chi connectivity index (χ3n) is 5.72. The van der Waals surface area contributed by atoms with Crippen LogP contribution in [-0.4, -0.2) is 11.1 Å². The molecule has 0 atom stereocenters. The Bertz CT molecular complexity index is 678. The highest BCUT2D eigenvalue weighted by atomic mass is 16.5. The molecule has 1 rings (SSSR count). The van der Waals surface area contributed by atoms with E-state index in [0.717, 1.165) is 25.7 Å². The average Bonchev–Trinajstić information content (AvgIpc) is 2.82. The number of carbonyl (C=O) groups is 1. The molecule has 0 aliphatic rings. The Labute approximate surface area is 202 Å². The molecular formula is C29H46O4. The van der Waals surface area contributed by atoms with E-state index in [1.165, 1.54) is 89.2 Å². The third kappa shape index (κ3) is 15.3. The minimum absolute atomic E-state index is 0.185. The zero-order chi connectivity index (χ0) is 24.0. The van der Waals surface area contributed by atoms with Gasteiger partial charge in [0.2, 0.25) is 0 Å². The first-order chi connectivity index (χ1) is 16.2. The predicted octanol–water partition coefficient (Wildman–Crippen LogP) is 9.45. The number of ether oxygens (including phenoxy) is 2. The molecule has 4 heteroatoms. The van der Waals surface area contributed by atoms with Gasteiger partial charge in [0, 0.05) is 0 Å². The van der Waals surface area contributed by atoms with Crippen LogP contribution < -0.4 is 9.47 Å². The monoisotopic (exact) mass is 458 g/mol. The normalized spacial score (nSPS) is 11.5. The quantitative estimate of drug-likeness (QED) is 0.147. The van der Waals surface area contributed by atoms with E-state index >= 15 is 0 Å². The average molecular weight is 459 g/mol. The van der Waals surface area contributed by atoms with Gasteiger partial charge in [0.05, 0.1) is 18.1 Å². The third-order valence-corrected chi connectivity index (χ3v) is 5.72. The van der Waals surface area contributed by atoms with E-state index in [4.69, 9.17) is 9.47 Å². The molecule has 0 spiro atoms. The van der Waals surface area contributed by atoms with Crippen LogP contribution in [0.3, 0.4) is 0 Å². The van der Waals surface area contributed by atoms with Gasteiger partial charge in [-0.2, -0.15) is 0 Å². The first-order valence-electron chi connectivity index (χ1n) is 13.2. The lowest BCUT2D eigenvalue weighted by molar-refractivity contribution is 0.0696. The number of hydrogen-bond donors (Lipinski definition) is 1. The summed E-state index contributed by atoms with van der Waals surface area (Å²) in [6.07, 6.45) is 27.3. The number of aromatic carboxylic acids is 1. The van der Waals surface area contributed by atoms with Gasteiger partial charge in [-0.15, -0.1) is 0 Å². The van der Waals surface area contributed by atoms with Gasteiger partial charge in [0.25, 0.3) is 0 Å². The molecule has 0 aromatic heterocycles. The first-order valence-corrected chi connectivity index (χ1v) is 13.2.